The number of carbonyl (C=O) groups is 3. The zero-order chi connectivity index (χ0) is 32.2. The molecule has 0 bridgehead atoms. The molecule has 1 heterocycles. The highest BCUT2D eigenvalue weighted by Gasteiger charge is 2.41. The van der Waals surface area contributed by atoms with Crippen molar-refractivity contribution in [3.63, 3.8) is 0 Å². The van der Waals surface area contributed by atoms with Gasteiger partial charge in [0.2, 0.25) is 5.91 Å². The van der Waals surface area contributed by atoms with Gasteiger partial charge in [0.15, 0.2) is 11.9 Å². The second-order valence-electron chi connectivity index (χ2n) is 11.8. The van der Waals surface area contributed by atoms with Gasteiger partial charge in [0.05, 0.1) is 17.5 Å². The fourth-order valence-electron chi connectivity index (χ4n) is 5.25. The molecule has 1 amide bonds. The molecule has 0 aliphatic carbocycles. The van der Waals surface area contributed by atoms with Gasteiger partial charge in [-0.05, 0) is 62.9 Å². The first kappa shape index (κ1) is 32.6. The van der Waals surface area contributed by atoms with E-state index in [-0.39, 0.29) is 12.1 Å². The summed E-state index contributed by atoms with van der Waals surface area (Å²) in [4.78, 5) is 45.5. The number of carbonyl (C=O) groups excluding carboxylic acids is 3. The number of ketones is 1. The highest BCUT2D eigenvalue weighted by Crippen LogP contribution is 2.35. The van der Waals surface area contributed by atoms with E-state index in [1.54, 1.807) is 69.3 Å². The van der Waals surface area contributed by atoms with E-state index in [1.165, 1.54) is 18.2 Å². The van der Waals surface area contributed by atoms with Gasteiger partial charge in [-0.3, -0.25) is 19.4 Å². The summed E-state index contributed by atoms with van der Waals surface area (Å²) in [5.41, 5.74) is 1.91. The van der Waals surface area contributed by atoms with Crippen molar-refractivity contribution >= 4 is 23.4 Å². The quantitative estimate of drug-likeness (QED) is 0.230. The summed E-state index contributed by atoms with van der Waals surface area (Å²) >= 11 is 0. The number of Topliss-reactive ketones (excluding diaryl/α,β-unsaturated/α-hetero) is 1. The number of halogens is 4. The van der Waals surface area contributed by atoms with Gasteiger partial charge in [-0.15, -0.1) is 0 Å². The molecule has 10 heteroatoms. The molecule has 0 spiro atoms. The first-order valence-corrected chi connectivity index (χ1v) is 14.2. The predicted octanol–water partition coefficient (Wildman–Crippen LogP) is 6.62. The molecule has 1 unspecified atom stereocenters. The molecule has 0 aromatic heterocycles. The summed E-state index contributed by atoms with van der Waals surface area (Å²) in [5, 5.41) is 2.54. The Kier molecular flexibility index (Phi) is 9.71. The van der Waals surface area contributed by atoms with Crippen LogP contribution in [0.4, 0.5) is 17.6 Å². The van der Waals surface area contributed by atoms with Gasteiger partial charge in [0, 0.05) is 24.0 Å². The van der Waals surface area contributed by atoms with E-state index < -0.39 is 66.1 Å². The Morgan fingerprint density at radius 1 is 1.00 bits per heavy atom. The van der Waals surface area contributed by atoms with Crippen molar-refractivity contribution in [1.29, 1.82) is 0 Å². The number of alkyl halides is 3. The Morgan fingerprint density at radius 2 is 1.68 bits per heavy atom. The van der Waals surface area contributed by atoms with Gasteiger partial charge < -0.3 is 10.1 Å². The molecular weight excluding hydrogens is 576 g/mol. The van der Waals surface area contributed by atoms with Crippen molar-refractivity contribution in [2.75, 3.05) is 0 Å². The van der Waals surface area contributed by atoms with E-state index in [4.69, 9.17) is 4.74 Å². The Labute approximate surface area is 253 Å². The van der Waals surface area contributed by atoms with Gasteiger partial charge in [-0.1, -0.05) is 60.7 Å². The van der Waals surface area contributed by atoms with Crippen molar-refractivity contribution in [3.05, 3.63) is 106 Å². The van der Waals surface area contributed by atoms with Crippen LogP contribution in [0.25, 0.3) is 0 Å². The van der Waals surface area contributed by atoms with Crippen LogP contribution in [0.15, 0.2) is 77.8 Å². The fourth-order valence-corrected chi connectivity index (χ4v) is 5.25. The summed E-state index contributed by atoms with van der Waals surface area (Å²) in [6.07, 6.45) is -8.34. The van der Waals surface area contributed by atoms with Gasteiger partial charge in [-0.2, -0.15) is 13.2 Å². The number of aliphatic imine (C=N–C) groups is 1. The third-order valence-corrected chi connectivity index (χ3v) is 7.25. The minimum atomic E-state index is -4.62. The van der Waals surface area contributed by atoms with Gasteiger partial charge in [-0.25, -0.2) is 4.39 Å². The summed E-state index contributed by atoms with van der Waals surface area (Å²) < 4.78 is 60.3. The van der Waals surface area contributed by atoms with Crippen LogP contribution in [0.5, 0.6) is 0 Å². The van der Waals surface area contributed by atoms with E-state index in [0.29, 0.717) is 22.3 Å². The van der Waals surface area contributed by atoms with Gasteiger partial charge in [0.1, 0.15) is 11.4 Å². The van der Waals surface area contributed by atoms with Crippen LogP contribution in [0.2, 0.25) is 0 Å². The average Bonchev–Trinajstić information content (AvgIpc) is 3.07. The number of amides is 1. The van der Waals surface area contributed by atoms with E-state index in [9.17, 15) is 31.9 Å². The lowest BCUT2D eigenvalue weighted by atomic mass is 9.82. The van der Waals surface area contributed by atoms with Crippen molar-refractivity contribution in [1.82, 2.24) is 5.32 Å². The number of ether oxygens (including phenoxy) is 1. The summed E-state index contributed by atoms with van der Waals surface area (Å²) in [7, 11) is 0. The Hall–Kier alpha value is -4.34. The number of nitrogens with zero attached hydrogens (tertiary/aromatic N) is 1. The lowest BCUT2D eigenvalue weighted by molar-refractivity contribution is -0.162. The van der Waals surface area contributed by atoms with Crippen LogP contribution in [-0.2, 0) is 25.5 Å². The van der Waals surface area contributed by atoms with E-state index in [0.717, 1.165) is 5.56 Å². The number of hydrogen-bond donors (Lipinski definition) is 1. The molecule has 6 nitrogen and oxygen atoms in total. The molecule has 1 aliphatic rings. The molecule has 0 saturated heterocycles. The predicted molar refractivity (Wildman–Crippen MR) is 158 cm³/mol. The number of aryl methyl sites for hydroxylation is 1. The number of esters is 1. The highest BCUT2D eigenvalue weighted by molar-refractivity contribution is 6.16. The molecule has 44 heavy (non-hydrogen) atoms. The van der Waals surface area contributed by atoms with Crippen LogP contribution in [0.3, 0.4) is 0 Å². The largest absolute Gasteiger partial charge is 0.459 e. The minimum Gasteiger partial charge on any atom is -0.459 e. The molecule has 232 valence electrons. The summed E-state index contributed by atoms with van der Waals surface area (Å²) in [6.45, 7) is 6.66. The molecule has 0 saturated carbocycles. The second kappa shape index (κ2) is 13.1. The SMILES string of the molecule is Cc1cccc2c1CC(=O)C(NC(=O)[C@H](CCC(F)(F)F)[C@@H](C(=O)OC(C)(C)C)c1ccccc1)N=C2c1cccc(F)c1. The lowest BCUT2D eigenvalue weighted by Crippen LogP contribution is -2.46. The molecule has 0 radical (unpaired) electrons. The van der Waals surface area contributed by atoms with E-state index >= 15 is 0 Å². The molecular formula is C34H34F4N2O4. The number of fused-ring (bicyclic) bond motifs is 1. The Bertz CT molecular complexity index is 1560. The molecule has 1 aliphatic heterocycles. The maximum Gasteiger partial charge on any atom is 0.389 e. The van der Waals surface area contributed by atoms with Gasteiger partial charge >= 0.3 is 12.1 Å². The number of hydrogen-bond acceptors (Lipinski definition) is 5. The molecule has 4 rings (SSSR count). The maximum absolute atomic E-state index is 14.3. The summed E-state index contributed by atoms with van der Waals surface area (Å²) in [6, 6.07) is 18.9. The standard InChI is InChI=1S/C34H34F4N2O4/c1-20-10-8-15-24-26(20)19-27(41)30(39-29(24)22-13-9-14-23(35)18-22)40-31(42)25(16-17-34(36,37)38)28(21-11-6-5-7-12-21)32(43)44-33(2,3)4/h5-15,18,25,28,30H,16-17,19H2,1-4H3,(H,40,42)/t25-,28+,30?/m1/s1. The first-order valence-electron chi connectivity index (χ1n) is 14.2. The summed E-state index contributed by atoms with van der Waals surface area (Å²) in [5.74, 6) is -5.83. The number of nitrogens with one attached hydrogen (secondary N) is 1. The topological polar surface area (TPSA) is 84.8 Å². The first-order chi connectivity index (χ1) is 20.6. The van der Waals surface area contributed by atoms with E-state index in [1.807, 2.05) is 13.0 Å². The van der Waals surface area contributed by atoms with Crippen LogP contribution in [0.1, 0.15) is 67.3 Å². The smallest absolute Gasteiger partial charge is 0.389 e. The van der Waals surface area contributed by atoms with Crippen LogP contribution in [0, 0.1) is 18.7 Å². The third kappa shape index (κ3) is 8.18. The number of rotatable bonds is 8. The number of benzene rings is 3. The molecule has 1 N–H and O–H groups in total. The maximum atomic E-state index is 14.3. The normalized spacial score (nSPS) is 16.7. The average molecular weight is 611 g/mol. The zero-order valence-corrected chi connectivity index (χ0v) is 24.9. The van der Waals surface area contributed by atoms with Crippen LogP contribution in [-0.4, -0.2) is 41.3 Å². The van der Waals surface area contributed by atoms with Crippen molar-refractivity contribution in [2.45, 2.75) is 70.8 Å². The van der Waals surface area contributed by atoms with Crippen molar-refractivity contribution < 1.29 is 36.7 Å². The third-order valence-electron chi connectivity index (χ3n) is 7.25. The van der Waals surface area contributed by atoms with Crippen molar-refractivity contribution in [3.8, 4) is 0 Å². The molecule has 3 aromatic rings. The van der Waals surface area contributed by atoms with Crippen LogP contribution < -0.4 is 5.32 Å². The second-order valence-corrected chi connectivity index (χ2v) is 11.8. The fraction of sp³-hybridized carbons (Fsp3) is 0.353. The minimum absolute atomic E-state index is 0.128. The van der Waals surface area contributed by atoms with Crippen LogP contribution >= 0.6 is 0 Å². The van der Waals surface area contributed by atoms with E-state index in [2.05, 4.69) is 10.3 Å². The Balaban J connectivity index is 1.78. The Morgan fingerprint density at radius 3 is 2.32 bits per heavy atom. The molecule has 3 atom stereocenters. The lowest BCUT2D eigenvalue weighted by Gasteiger charge is -2.30. The highest BCUT2D eigenvalue weighted by atomic mass is 19.4. The van der Waals surface area contributed by atoms with Crippen molar-refractivity contribution in [2.24, 2.45) is 10.9 Å². The molecule has 0 fully saturated rings. The monoisotopic (exact) mass is 610 g/mol. The zero-order valence-electron chi connectivity index (χ0n) is 24.9. The molecule has 3 aromatic carbocycles. The van der Waals surface area contributed by atoms with Gasteiger partial charge in [0.25, 0.3) is 0 Å².